The number of aromatic nitrogens is 1. The van der Waals surface area contributed by atoms with Crippen molar-refractivity contribution in [3.8, 4) is 0 Å². The maximum Gasteiger partial charge on any atom is 0.294 e. The van der Waals surface area contributed by atoms with E-state index < -0.39 is 11.7 Å². The molecule has 36 heavy (non-hydrogen) atoms. The molecule has 3 aromatic rings. The van der Waals surface area contributed by atoms with Crippen molar-refractivity contribution >= 4 is 40.1 Å². The SMILES string of the molecule is CCCN(C)C(=O)C(=O)c1c[nH]c2cc(Cl)c(C(=O)N3CCN(Cc4ccc(F)cc4)CC3C)cc12. The van der Waals surface area contributed by atoms with Crippen molar-refractivity contribution in [2.45, 2.75) is 32.9 Å². The number of hydrogen-bond donors (Lipinski definition) is 1. The van der Waals surface area contributed by atoms with Crippen LogP contribution in [0.1, 0.15) is 46.5 Å². The Balaban J connectivity index is 1.52. The van der Waals surface area contributed by atoms with Gasteiger partial charge >= 0.3 is 0 Å². The second kappa shape index (κ2) is 10.8. The second-order valence-corrected chi connectivity index (χ2v) is 9.75. The Morgan fingerprint density at radius 1 is 1.14 bits per heavy atom. The third kappa shape index (κ3) is 5.29. The third-order valence-corrected chi connectivity index (χ3v) is 6.95. The van der Waals surface area contributed by atoms with E-state index in [1.807, 2.05) is 13.8 Å². The van der Waals surface area contributed by atoms with E-state index in [9.17, 15) is 18.8 Å². The number of ketones is 1. The van der Waals surface area contributed by atoms with Crippen LogP contribution in [0, 0.1) is 5.82 Å². The van der Waals surface area contributed by atoms with Crippen LogP contribution in [0.25, 0.3) is 10.9 Å². The average molecular weight is 513 g/mol. The number of halogens is 2. The summed E-state index contributed by atoms with van der Waals surface area (Å²) in [4.78, 5) is 47.4. The zero-order valence-corrected chi connectivity index (χ0v) is 21.4. The molecule has 1 fully saturated rings. The summed E-state index contributed by atoms with van der Waals surface area (Å²) in [5, 5.41) is 0.775. The van der Waals surface area contributed by atoms with Gasteiger partial charge in [-0.2, -0.15) is 0 Å². The number of carbonyl (C=O) groups excluding carboxylic acids is 3. The number of benzene rings is 2. The van der Waals surface area contributed by atoms with Gasteiger partial charge in [0.05, 0.1) is 16.1 Å². The van der Waals surface area contributed by atoms with Crippen molar-refractivity contribution in [1.82, 2.24) is 19.7 Å². The Morgan fingerprint density at radius 2 is 1.86 bits per heavy atom. The Hall–Kier alpha value is -3.23. The van der Waals surface area contributed by atoms with Crippen molar-refractivity contribution in [2.75, 3.05) is 33.2 Å². The summed E-state index contributed by atoms with van der Waals surface area (Å²) in [6.07, 6.45) is 2.24. The molecule has 0 saturated carbocycles. The fraction of sp³-hybridized carbons (Fsp3) is 0.370. The van der Waals surface area contributed by atoms with Crippen LogP contribution in [-0.2, 0) is 11.3 Å². The molecule has 1 atom stereocenters. The summed E-state index contributed by atoms with van der Waals surface area (Å²) in [7, 11) is 1.60. The van der Waals surface area contributed by atoms with Gasteiger partial charge in [-0.1, -0.05) is 30.7 Å². The van der Waals surface area contributed by atoms with Gasteiger partial charge < -0.3 is 14.8 Å². The fourth-order valence-electron chi connectivity index (χ4n) is 4.70. The molecule has 0 aliphatic carbocycles. The lowest BCUT2D eigenvalue weighted by molar-refractivity contribution is -0.125. The van der Waals surface area contributed by atoms with Gasteiger partial charge in [-0.3, -0.25) is 19.3 Å². The number of amides is 2. The number of nitrogens with one attached hydrogen (secondary N) is 1. The monoisotopic (exact) mass is 512 g/mol. The van der Waals surface area contributed by atoms with E-state index in [0.717, 1.165) is 12.0 Å². The van der Waals surface area contributed by atoms with Crippen LogP contribution in [0.5, 0.6) is 0 Å². The first-order valence-corrected chi connectivity index (χ1v) is 12.5. The lowest BCUT2D eigenvalue weighted by atomic mass is 10.0. The number of Topliss-reactive ketones (excluding diaryl/α,β-unsaturated/α-hetero) is 1. The normalized spacial score (nSPS) is 16.4. The Kier molecular flexibility index (Phi) is 7.76. The van der Waals surface area contributed by atoms with Gasteiger partial charge in [0.15, 0.2) is 0 Å². The van der Waals surface area contributed by atoms with Gasteiger partial charge in [0.1, 0.15) is 5.82 Å². The number of aromatic amines is 1. The van der Waals surface area contributed by atoms with E-state index in [1.54, 1.807) is 36.2 Å². The molecule has 2 heterocycles. The summed E-state index contributed by atoms with van der Waals surface area (Å²) in [6.45, 7) is 6.91. The van der Waals surface area contributed by atoms with Gasteiger partial charge in [-0.25, -0.2) is 4.39 Å². The topological polar surface area (TPSA) is 76.7 Å². The molecule has 1 N–H and O–H groups in total. The Bertz CT molecular complexity index is 1290. The van der Waals surface area contributed by atoms with E-state index in [1.165, 1.54) is 23.2 Å². The van der Waals surface area contributed by atoms with Gasteiger partial charge in [-0.15, -0.1) is 0 Å². The van der Waals surface area contributed by atoms with Crippen molar-refractivity contribution < 1.29 is 18.8 Å². The van der Waals surface area contributed by atoms with Crippen LogP contribution in [0.3, 0.4) is 0 Å². The predicted octanol–water partition coefficient (Wildman–Crippen LogP) is 4.36. The highest BCUT2D eigenvalue weighted by atomic mass is 35.5. The van der Waals surface area contributed by atoms with Crippen molar-refractivity contribution in [3.63, 3.8) is 0 Å². The molecule has 190 valence electrons. The van der Waals surface area contributed by atoms with Gasteiger partial charge in [0.25, 0.3) is 17.6 Å². The summed E-state index contributed by atoms with van der Waals surface area (Å²) in [6, 6.07) is 9.60. The van der Waals surface area contributed by atoms with Crippen molar-refractivity contribution in [2.24, 2.45) is 0 Å². The molecule has 1 aromatic heterocycles. The summed E-state index contributed by atoms with van der Waals surface area (Å²) < 4.78 is 13.2. The molecule has 1 aliphatic rings. The third-order valence-electron chi connectivity index (χ3n) is 6.64. The fourth-order valence-corrected chi connectivity index (χ4v) is 4.95. The molecule has 7 nitrogen and oxygen atoms in total. The van der Waals surface area contributed by atoms with Crippen LogP contribution >= 0.6 is 11.6 Å². The number of hydrogen-bond acceptors (Lipinski definition) is 4. The quantitative estimate of drug-likeness (QED) is 0.377. The van der Waals surface area contributed by atoms with Crippen molar-refractivity contribution in [1.29, 1.82) is 0 Å². The number of rotatable bonds is 7. The first kappa shape index (κ1) is 25.9. The van der Waals surface area contributed by atoms with E-state index in [4.69, 9.17) is 11.6 Å². The molecule has 4 rings (SSSR count). The highest BCUT2D eigenvalue weighted by Crippen LogP contribution is 2.29. The number of H-pyrrole nitrogens is 1. The maximum atomic E-state index is 13.5. The van der Waals surface area contributed by atoms with E-state index in [-0.39, 0.29) is 28.4 Å². The van der Waals surface area contributed by atoms with Crippen LogP contribution in [-0.4, -0.2) is 76.5 Å². The lowest BCUT2D eigenvalue weighted by Crippen LogP contribution is -2.53. The maximum absolute atomic E-state index is 13.5. The smallest absolute Gasteiger partial charge is 0.294 e. The zero-order chi connectivity index (χ0) is 26.0. The largest absolute Gasteiger partial charge is 0.360 e. The van der Waals surface area contributed by atoms with E-state index >= 15 is 0 Å². The summed E-state index contributed by atoms with van der Waals surface area (Å²) >= 11 is 6.49. The van der Waals surface area contributed by atoms with Crippen LogP contribution < -0.4 is 0 Å². The van der Waals surface area contributed by atoms with Gasteiger partial charge in [0.2, 0.25) is 0 Å². The highest BCUT2D eigenvalue weighted by Gasteiger charge is 2.30. The minimum absolute atomic E-state index is 0.0740. The zero-order valence-electron chi connectivity index (χ0n) is 20.7. The minimum Gasteiger partial charge on any atom is -0.360 e. The van der Waals surface area contributed by atoms with Gasteiger partial charge in [-0.05, 0) is 43.2 Å². The van der Waals surface area contributed by atoms with Crippen LogP contribution in [0.2, 0.25) is 5.02 Å². The first-order chi connectivity index (χ1) is 17.2. The minimum atomic E-state index is -0.624. The number of piperazine rings is 1. The highest BCUT2D eigenvalue weighted by molar-refractivity contribution is 6.45. The molecule has 1 aliphatic heterocycles. The molecular formula is C27H30ClFN4O3. The Morgan fingerprint density at radius 3 is 2.53 bits per heavy atom. The summed E-state index contributed by atoms with van der Waals surface area (Å²) in [5.74, 6) is -1.70. The van der Waals surface area contributed by atoms with Crippen LogP contribution in [0.4, 0.5) is 4.39 Å². The van der Waals surface area contributed by atoms with E-state index in [2.05, 4.69) is 9.88 Å². The Labute approximate surface area is 214 Å². The average Bonchev–Trinajstić information content (AvgIpc) is 3.26. The van der Waals surface area contributed by atoms with Gasteiger partial charge in [0, 0.05) is 62.9 Å². The van der Waals surface area contributed by atoms with Crippen molar-refractivity contribution in [3.05, 3.63) is 70.1 Å². The molecule has 1 unspecified atom stereocenters. The second-order valence-electron chi connectivity index (χ2n) is 9.34. The number of fused-ring (bicyclic) bond motifs is 1. The number of likely N-dealkylation sites (N-methyl/N-ethyl adjacent to an activating group) is 1. The predicted molar refractivity (Wildman–Crippen MR) is 138 cm³/mol. The molecule has 0 bridgehead atoms. The molecule has 9 heteroatoms. The summed E-state index contributed by atoms with van der Waals surface area (Å²) in [5.41, 5.74) is 2.12. The van der Waals surface area contributed by atoms with E-state index in [0.29, 0.717) is 49.2 Å². The molecule has 2 amide bonds. The number of carbonyl (C=O) groups is 3. The molecule has 2 aromatic carbocycles. The standard InChI is InChI=1S/C27H30ClFN4O3/c1-4-9-31(3)27(36)25(34)22-14-30-24-13-23(28)21(12-20(22)24)26(35)33-11-10-32(15-17(33)2)16-18-5-7-19(29)8-6-18/h5-8,12-14,17,30H,4,9-11,15-16H2,1-3H3. The lowest BCUT2D eigenvalue weighted by Gasteiger charge is -2.40. The molecule has 0 spiro atoms. The first-order valence-electron chi connectivity index (χ1n) is 12.1. The number of nitrogens with zero attached hydrogens (tertiary/aromatic N) is 3. The molecule has 0 radical (unpaired) electrons. The van der Waals surface area contributed by atoms with Crippen LogP contribution in [0.15, 0.2) is 42.6 Å². The molecule has 1 saturated heterocycles. The molecular weight excluding hydrogens is 483 g/mol.